The minimum Gasteiger partial charge on any atom is -0.394 e. The van der Waals surface area contributed by atoms with Crippen LogP contribution in [-0.4, -0.2) is 34.9 Å². The molecule has 0 aromatic heterocycles. The summed E-state index contributed by atoms with van der Waals surface area (Å²) in [6, 6.07) is -0.571. The van der Waals surface area contributed by atoms with Crippen LogP contribution >= 0.6 is 0 Å². The zero-order valence-electron chi connectivity index (χ0n) is 50.2. The molecule has 0 radical (unpaired) electrons. The first kappa shape index (κ1) is 72.8. The molecule has 0 saturated heterocycles. The van der Waals surface area contributed by atoms with Crippen LogP contribution < -0.4 is 5.32 Å². The van der Waals surface area contributed by atoms with Crippen LogP contribution in [0, 0.1) is 0 Å². The maximum absolute atomic E-state index is 12.5. The predicted molar refractivity (Wildman–Crippen MR) is 340 cm³/mol. The lowest BCUT2D eigenvalue weighted by Gasteiger charge is -2.22. The first-order chi connectivity index (χ1) is 37.7. The second-order valence-electron chi connectivity index (χ2n) is 21.8. The monoisotopic (exact) mass is 1050 g/mol. The van der Waals surface area contributed by atoms with E-state index < -0.39 is 12.1 Å². The van der Waals surface area contributed by atoms with Crippen molar-refractivity contribution < 1.29 is 15.0 Å². The minimum atomic E-state index is -0.689. The Bertz CT molecular complexity index is 1470. The third-order valence-corrected chi connectivity index (χ3v) is 14.5. The molecule has 4 heteroatoms. The molecule has 0 aliphatic rings. The van der Waals surface area contributed by atoms with Gasteiger partial charge in [-0.05, 0) is 89.9 Å². The average Bonchev–Trinajstić information content (AvgIpc) is 3.42. The molecule has 0 heterocycles. The summed E-state index contributed by atoms with van der Waals surface area (Å²) < 4.78 is 0. The van der Waals surface area contributed by atoms with Crippen LogP contribution in [0.15, 0.2) is 122 Å². The van der Waals surface area contributed by atoms with E-state index in [0.717, 1.165) is 96.3 Å². The molecule has 0 aromatic rings. The number of allylic oxidation sites excluding steroid dienone is 20. The summed E-state index contributed by atoms with van der Waals surface area (Å²) in [5.41, 5.74) is 0. The third-order valence-electron chi connectivity index (χ3n) is 14.5. The Morgan fingerprint density at radius 3 is 0.842 bits per heavy atom. The number of rotatable bonds is 59. The Kier molecular flexibility index (Phi) is 63.3. The van der Waals surface area contributed by atoms with Crippen molar-refractivity contribution in [3.63, 3.8) is 0 Å². The summed E-state index contributed by atoms with van der Waals surface area (Å²) in [4.78, 5) is 12.5. The van der Waals surface area contributed by atoms with Gasteiger partial charge in [0.15, 0.2) is 0 Å². The van der Waals surface area contributed by atoms with Gasteiger partial charge in [-0.1, -0.05) is 334 Å². The normalized spacial score (nSPS) is 13.6. The number of unbranched alkanes of at least 4 members (excludes halogenated alkanes) is 32. The summed E-state index contributed by atoms with van der Waals surface area (Å²) in [7, 11) is 0. The first-order valence-corrected chi connectivity index (χ1v) is 32.7. The van der Waals surface area contributed by atoms with Crippen molar-refractivity contribution >= 4 is 5.91 Å². The minimum absolute atomic E-state index is 0.0747. The van der Waals surface area contributed by atoms with E-state index in [0.29, 0.717) is 12.8 Å². The SMILES string of the molecule is CC/C=C\C/C=C\C/C=C\C/C=C\C/C=C\C/C=C\C/C=C\C/C=C\C/C=C\C/C=C\CCCCC(=O)NC(CO)C(O)CCCCCCCCCCCCCCCCCCCCCCCCCCCCCCCCC. The number of carbonyl (C=O) groups excluding carboxylic acids is 1. The van der Waals surface area contributed by atoms with E-state index in [1.165, 1.54) is 186 Å². The van der Waals surface area contributed by atoms with Gasteiger partial charge in [-0.2, -0.15) is 0 Å². The van der Waals surface area contributed by atoms with E-state index in [-0.39, 0.29) is 12.5 Å². The van der Waals surface area contributed by atoms with Crippen LogP contribution in [0.1, 0.15) is 309 Å². The molecule has 0 aromatic carbocycles. The summed E-state index contributed by atoms with van der Waals surface area (Å²) in [5.74, 6) is -0.0747. The van der Waals surface area contributed by atoms with E-state index in [1.807, 2.05) is 0 Å². The summed E-state index contributed by atoms with van der Waals surface area (Å²) in [6.07, 6.45) is 101. The van der Waals surface area contributed by atoms with Crippen molar-refractivity contribution in [1.82, 2.24) is 5.32 Å². The smallest absolute Gasteiger partial charge is 0.220 e. The van der Waals surface area contributed by atoms with Gasteiger partial charge in [0.05, 0.1) is 18.8 Å². The van der Waals surface area contributed by atoms with Gasteiger partial charge in [0.1, 0.15) is 0 Å². The van der Waals surface area contributed by atoms with Gasteiger partial charge in [0.25, 0.3) is 0 Å². The van der Waals surface area contributed by atoms with Gasteiger partial charge < -0.3 is 15.5 Å². The highest BCUT2D eigenvalue weighted by Crippen LogP contribution is 2.18. The Hall–Kier alpha value is -3.21. The number of amides is 1. The van der Waals surface area contributed by atoms with Crippen molar-refractivity contribution in [1.29, 1.82) is 0 Å². The highest BCUT2D eigenvalue weighted by molar-refractivity contribution is 5.76. The van der Waals surface area contributed by atoms with E-state index in [9.17, 15) is 15.0 Å². The lowest BCUT2D eigenvalue weighted by Crippen LogP contribution is -2.45. The summed E-state index contributed by atoms with van der Waals surface area (Å²) >= 11 is 0. The first-order valence-electron chi connectivity index (χ1n) is 32.7. The molecular weight excluding hydrogens is 927 g/mol. The maximum atomic E-state index is 12.5. The van der Waals surface area contributed by atoms with Crippen molar-refractivity contribution in [2.45, 2.75) is 321 Å². The Labute approximate surface area is 473 Å². The number of nitrogens with one attached hydrogen (secondary N) is 1. The summed E-state index contributed by atoms with van der Waals surface area (Å²) in [6.45, 7) is 4.25. The molecule has 0 fully saturated rings. The molecule has 0 saturated carbocycles. The van der Waals surface area contributed by atoms with Crippen molar-refractivity contribution in [2.75, 3.05) is 6.61 Å². The topological polar surface area (TPSA) is 69.6 Å². The van der Waals surface area contributed by atoms with Gasteiger partial charge in [0.2, 0.25) is 5.91 Å². The second kappa shape index (κ2) is 66.1. The Balaban J connectivity index is 3.58. The maximum Gasteiger partial charge on any atom is 0.220 e. The van der Waals surface area contributed by atoms with E-state index >= 15 is 0 Å². The third kappa shape index (κ3) is 61.6. The molecule has 0 bridgehead atoms. The molecule has 4 nitrogen and oxygen atoms in total. The van der Waals surface area contributed by atoms with Crippen LogP contribution in [-0.2, 0) is 4.79 Å². The van der Waals surface area contributed by atoms with Gasteiger partial charge in [-0.25, -0.2) is 0 Å². The molecule has 3 N–H and O–H groups in total. The zero-order chi connectivity index (χ0) is 54.8. The Morgan fingerprint density at radius 1 is 0.329 bits per heavy atom. The molecule has 436 valence electrons. The van der Waals surface area contributed by atoms with Crippen LogP contribution in [0.25, 0.3) is 0 Å². The van der Waals surface area contributed by atoms with Crippen molar-refractivity contribution in [2.24, 2.45) is 0 Å². The molecular formula is C72H125NO3. The number of carbonyl (C=O) groups is 1. The molecule has 0 spiro atoms. The average molecular weight is 1050 g/mol. The molecule has 2 unspecified atom stereocenters. The molecule has 2 atom stereocenters. The molecule has 1 amide bonds. The number of aliphatic hydroxyl groups excluding tert-OH is 2. The largest absolute Gasteiger partial charge is 0.394 e. The van der Waals surface area contributed by atoms with E-state index in [2.05, 4.69) is 141 Å². The number of aliphatic hydroxyl groups is 2. The zero-order valence-corrected chi connectivity index (χ0v) is 50.2. The van der Waals surface area contributed by atoms with Crippen molar-refractivity contribution in [3.05, 3.63) is 122 Å². The second-order valence-corrected chi connectivity index (χ2v) is 21.8. The van der Waals surface area contributed by atoms with Crippen molar-refractivity contribution in [3.8, 4) is 0 Å². The van der Waals surface area contributed by atoms with Gasteiger partial charge in [-0.15, -0.1) is 0 Å². The number of hydrogen-bond donors (Lipinski definition) is 3. The van der Waals surface area contributed by atoms with E-state index in [4.69, 9.17) is 0 Å². The highest BCUT2D eigenvalue weighted by Gasteiger charge is 2.20. The predicted octanol–water partition coefficient (Wildman–Crippen LogP) is 22.4. The fourth-order valence-electron chi connectivity index (χ4n) is 9.57. The summed E-state index contributed by atoms with van der Waals surface area (Å²) in [5, 5.41) is 23.4. The quantitative estimate of drug-likeness (QED) is 0.0420. The van der Waals surface area contributed by atoms with Gasteiger partial charge >= 0.3 is 0 Å². The molecule has 0 aliphatic heterocycles. The van der Waals surface area contributed by atoms with Crippen LogP contribution in [0.4, 0.5) is 0 Å². The Morgan fingerprint density at radius 2 is 0.579 bits per heavy atom. The van der Waals surface area contributed by atoms with E-state index in [1.54, 1.807) is 0 Å². The molecule has 0 rings (SSSR count). The lowest BCUT2D eigenvalue weighted by atomic mass is 10.0. The van der Waals surface area contributed by atoms with Gasteiger partial charge in [-0.3, -0.25) is 4.79 Å². The molecule has 76 heavy (non-hydrogen) atoms. The fourth-order valence-corrected chi connectivity index (χ4v) is 9.57. The van der Waals surface area contributed by atoms with Crippen LogP contribution in [0.2, 0.25) is 0 Å². The van der Waals surface area contributed by atoms with Crippen LogP contribution in [0.5, 0.6) is 0 Å². The van der Waals surface area contributed by atoms with Gasteiger partial charge in [0, 0.05) is 6.42 Å². The standard InChI is InChI=1S/C72H125NO3/c1-3-5-7-9-11-13-15-17-19-21-23-25-27-29-31-33-35-36-38-40-42-44-46-48-50-52-54-56-58-60-62-64-66-68-72(76)73-70(69-74)71(75)67-65-63-61-59-57-55-53-51-49-47-45-43-41-39-37-34-32-30-28-26-24-22-20-18-16-14-12-10-8-6-4-2/h5,7,11,13,17,19,23,25,29,31,35-36,40,42,46,48,52,54,58,60,70-71,74-75H,3-4,6,8-10,12,14-16,18,20-22,24,26-28,30,32-34,37-39,41,43-45,47,49-51,53,55-57,59,61-69H2,1-2H3,(H,73,76)/b7-5-,13-11-,19-17-,25-23-,31-29-,36-35-,42-40-,48-46-,54-52-,60-58-. The van der Waals surface area contributed by atoms with Crippen LogP contribution in [0.3, 0.4) is 0 Å². The number of hydrogen-bond acceptors (Lipinski definition) is 3. The fraction of sp³-hybridized carbons (Fsp3) is 0.708. The molecule has 0 aliphatic carbocycles. The highest BCUT2D eigenvalue weighted by atomic mass is 16.3. The lowest BCUT2D eigenvalue weighted by molar-refractivity contribution is -0.123.